The van der Waals surface area contributed by atoms with Gasteiger partial charge in [0.2, 0.25) is 11.7 Å². The molecule has 0 radical (unpaired) electrons. The maximum Gasteiger partial charge on any atom is 0.230 e. The summed E-state index contributed by atoms with van der Waals surface area (Å²) >= 11 is 0. The van der Waals surface area contributed by atoms with Gasteiger partial charge in [-0.3, -0.25) is 0 Å². The van der Waals surface area contributed by atoms with Crippen LogP contribution in [0.4, 0.5) is 0 Å². The van der Waals surface area contributed by atoms with Gasteiger partial charge in [-0.15, -0.1) is 0 Å². The highest BCUT2D eigenvalue weighted by Gasteiger charge is 2.27. The molecular formula is C17H17N3O. The minimum Gasteiger partial charge on any atom is -0.339 e. The van der Waals surface area contributed by atoms with Gasteiger partial charge in [0, 0.05) is 17.5 Å². The van der Waals surface area contributed by atoms with Crippen molar-refractivity contribution >= 4 is 10.8 Å². The summed E-state index contributed by atoms with van der Waals surface area (Å²) in [4.78, 5) is 4.57. The molecule has 106 valence electrons. The summed E-state index contributed by atoms with van der Waals surface area (Å²) in [5.74, 6) is 1.71. The monoisotopic (exact) mass is 279 g/mol. The van der Waals surface area contributed by atoms with E-state index in [-0.39, 0.29) is 6.04 Å². The topological polar surface area (TPSA) is 64.9 Å². The van der Waals surface area contributed by atoms with Crippen LogP contribution in [0, 0.1) is 0 Å². The first-order chi connectivity index (χ1) is 10.3. The Bertz CT molecular complexity index is 780. The van der Waals surface area contributed by atoms with E-state index in [1.807, 2.05) is 18.2 Å². The zero-order valence-corrected chi connectivity index (χ0v) is 11.7. The van der Waals surface area contributed by atoms with Crippen LogP contribution in [0.25, 0.3) is 22.2 Å². The van der Waals surface area contributed by atoms with E-state index >= 15 is 0 Å². The minimum absolute atomic E-state index is 0.269. The molecule has 1 saturated carbocycles. The van der Waals surface area contributed by atoms with Crippen molar-refractivity contribution in [2.45, 2.75) is 31.2 Å². The number of aromatic nitrogens is 2. The highest BCUT2D eigenvalue weighted by Crippen LogP contribution is 2.33. The maximum atomic E-state index is 5.95. The van der Waals surface area contributed by atoms with Crippen LogP contribution < -0.4 is 5.73 Å². The van der Waals surface area contributed by atoms with E-state index in [1.165, 1.54) is 10.8 Å². The molecule has 1 aliphatic carbocycles. The summed E-state index contributed by atoms with van der Waals surface area (Å²) in [7, 11) is 0. The van der Waals surface area contributed by atoms with E-state index < -0.39 is 0 Å². The van der Waals surface area contributed by atoms with Gasteiger partial charge >= 0.3 is 0 Å². The Balaban J connectivity index is 1.67. The number of fused-ring (bicyclic) bond motifs is 1. The molecule has 2 unspecified atom stereocenters. The molecule has 21 heavy (non-hydrogen) atoms. The highest BCUT2D eigenvalue weighted by molar-refractivity contribution is 5.86. The number of benzene rings is 2. The summed E-state index contributed by atoms with van der Waals surface area (Å²) < 4.78 is 5.45. The molecule has 2 aromatic carbocycles. The molecule has 3 aromatic rings. The Morgan fingerprint density at radius 1 is 1.05 bits per heavy atom. The van der Waals surface area contributed by atoms with E-state index in [0.29, 0.717) is 11.7 Å². The van der Waals surface area contributed by atoms with Crippen LogP contribution in [-0.4, -0.2) is 16.2 Å². The average Bonchev–Trinajstić information content (AvgIpc) is 3.15. The summed E-state index contributed by atoms with van der Waals surface area (Å²) in [6.07, 6.45) is 3.03. The maximum absolute atomic E-state index is 5.95. The molecule has 1 aliphatic rings. The van der Waals surface area contributed by atoms with E-state index in [2.05, 4.69) is 34.4 Å². The molecule has 0 spiro atoms. The zero-order valence-electron chi connectivity index (χ0n) is 11.7. The van der Waals surface area contributed by atoms with Gasteiger partial charge in [0.1, 0.15) is 0 Å². The van der Waals surface area contributed by atoms with Crippen molar-refractivity contribution in [2.24, 2.45) is 5.73 Å². The highest BCUT2D eigenvalue weighted by atomic mass is 16.5. The number of nitrogens with zero attached hydrogens (tertiary/aromatic N) is 2. The van der Waals surface area contributed by atoms with E-state index in [4.69, 9.17) is 10.3 Å². The summed E-state index contributed by atoms with van der Waals surface area (Å²) in [6, 6.07) is 14.8. The largest absolute Gasteiger partial charge is 0.339 e. The second-order valence-corrected chi connectivity index (χ2v) is 5.79. The van der Waals surface area contributed by atoms with Crippen LogP contribution in [0.1, 0.15) is 31.1 Å². The van der Waals surface area contributed by atoms with Gasteiger partial charge in [0.25, 0.3) is 0 Å². The van der Waals surface area contributed by atoms with Crippen molar-refractivity contribution in [3.8, 4) is 11.4 Å². The van der Waals surface area contributed by atoms with E-state index in [9.17, 15) is 0 Å². The first-order valence-electron chi connectivity index (χ1n) is 7.38. The van der Waals surface area contributed by atoms with Gasteiger partial charge in [0.05, 0.1) is 0 Å². The molecule has 2 atom stereocenters. The molecule has 0 aliphatic heterocycles. The van der Waals surface area contributed by atoms with Crippen molar-refractivity contribution in [1.82, 2.24) is 10.1 Å². The molecule has 4 rings (SSSR count). The second-order valence-electron chi connectivity index (χ2n) is 5.79. The zero-order chi connectivity index (χ0) is 14.2. The fraction of sp³-hybridized carbons (Fsp3) is 0.294. The van der Waals surface area contributed by atoms with Crippen LogP contribution in [0.2, 0.25) is 0 Å². The fourth-order valence-electron chi connectivity index (χ4n) is 3.09. The number of rotatable bonds is 2. The summed E-state index contributed by atoms with van der Waals surface area (Å²) in [5.41, 5.74) is 6.94. The average molecular weight is 279 g/mol. The number of hydrogen-bond donors (Lipinski definition) is 1. The molecule has 0 bridgehead atoms. The van der Waals surface area contributed by atoms with Gasteiger partial charge in [-0.2, -0.15) is 4.98 Å². The normalized spacial score (nSPS) is 22.0. The molecule has 2 N–H and O–H groups in total. The Kier molecular flexibility index (Phi) is 2.97. The smallest absolute Gasteiger partial charge is 0.230 e. The molecule has 0 saturated heterocycles. The van der Waals surface area contributed by atoms with Crippen LogP contribution >= 0.6 is 0 Å². The van der Waals surface area contributed by atoms with Crippen molar-refractivity contribution in [1.29, 1.82) is 0 Å². The van der Waals surface area contributed by atoms with Gasteiger partial charge in [-0.05, 0) is 36.1 Å². The summed E-state index contributed by atoms with van der Waals surface area (Å²) in [5, 5.41) is 6.53. The molecule has 4 nitrogen and oxygen atoms in total. The van der Waals surface area contributed by atoms with Crippen LogP contribution in [0.5, 0.6) is 0 Å². The third-order valence-corrected chi connectivity index (χ3v) is 4.27. The summed E-state index contributed by atoms with van der Waals surface area (Å²) in [6.45, 7) is 0. The lowest BCUT2D eigenvalue weighted by Crippen LogP contribution is -2.14. The molecule has 1 fully saturated rings. The SMILES string of the molecule is NC1CCC(c2nc(-c3ccc4ccccc4c3)no2)C1. The third kappa shape index (κ3) is 2.32. The van der Waals surface area contributed by atoms with Gasteiger partial charge in [-0.25, -0.2) is 0 Å². The molecule has 1 aromatic heterocycles. The lowest BCUT2D eigenvalue weighted by atomic mass is 10.1. The Morgan fingerprint density at radius 3 is 2.71 bits per heavy atom. The first kappa shape index (κ1) is 12.5. The van der Waals surface area contributed by atoms with Gasteiger partial charge < -0.3 is 10.3 Å². The number of hydrogen-bond acceptors (Lipinski definition) is 4. The Hall–Kier alpha value is -2.20. The molecular weight excluding hydrogens is 262 g/mol. The van der Waals surface area contributed by atoms with Crippen molar-refractivity contribution in [2.75, 3.05) is 0 Å². The predicted octanol–water partition coefficient (Wildman–Crippen LogP) is 3.48. The van der Waals surface area contributed by atoms with Crippen LogP contribution in [0.3, 0.4) is 0 Å². The molecule has 4 heteroatoms. The standard InChI is InChI=1S/C17H17N3O/c18-15-8-7-14(10-15)17-19-16(20-21-17)13-6-5-11-3-1-2-4-12(11)9-13/h1-6,9,14-15H,7-8,10,18H2. The Labute approximate surface area is 123 Å². The minimum atomic E-state index is 0.269. The lowest BCUT2D eigenvalue weighted by molar-refractivity contribution is 0.353. The Morgan fingerprint density at radius 2 is 1.90 bits per heavy atom. The number of nitrogens with two attached hydrogens (primary N) is 1. The molecule has 1 heterocycles. The second kappa shape index (κ2) is 4.97. The van der Waals surface area contributed by atoms with E-state index in [1.54, 1.807) is 0 Å². The van der Waals surface area contributed by atoms with Crippen LogP contribution in [-0.2, 0) is 0 Å². The van der Waals surface area contributed by atoms with Gasteiger partial charge in [0.15, 0.2) is 0 Å². The predicted molar refractivity (Wildman–Crippen MR) is 81.8 cm³/mol. The van der Waals surface area contributed by atoms with Crippen molar-refractivity contribution in [3.05, 3.63) is 48.4 Å². The van der Waals surface area contributed by atoms with E-state index in [0.717, 1.165) is 30.7 Å². The lowest BCUT2D eigenvalue weighted by Gasteiger charge is -2.01. The fourth-order valence-corrected chi connectivity index (χ4v) is 3.09. The first-order valence-corrected chi connectivity index (χ1v) is 7.38. The third-order valence-electron chi connectivity index (χ3n) is 4.27. The molecule has 0 amide bonds. The van der Waals surface area contributed by atoms with Crippen LogP contribution in [0.15, 0.2) is 47.0 Å². The van der Waals surface area contributed by atoms with Crippen molar-refractivity contribution in [3.63, 3.8) is 0 Å². The van der Waals surface area contributed by atoms with Crippen molar-refractivity contribution < 1.29 is 4.52 Å². The van der Waals surface area contributed by atoms with Gasteiger partial charge in [-0.1, -0.05) is 41.6 Å². The quantitative estimate of drug-likeness (QED) is 0.780.